The van der Waals surface area contributed by atoms with E-state index in [1.807, 2.05) is 4.72 Å². The number of carbonyl (C=O) groups excluding carboxylic acids is 2. The normalized spacial score (nSPS) is 13.7. The summed E-state index contributed by atoms with van der Waals surface area (Å²) in [7, 11) is -4.09. The number of aromatic nitrogens is 1. The minimum absolute atomic E-state index is 0.125. The Bertz CT molecular complexity index is 949. The molecule has 3 rings (SSSR count). The van der Waals surface area contributed by atoms with Crippen LogP contribution in [0.5, 0.6) is 5.75 Å². The van der Waals surface area contributed by atoms with Crippen LogP contribution in [0, 0.1) is 13.8 Å². The summed E-state index contributed by atoms with van der Waals surface area (Å²) in [5.41, 5.74) is 0.711. The molecular formula is C14H13N3O5S2. The van der Waals surface area contributed by atoms with Crippen LogP contribution < -0.4 is 14.8 Å². The fourth-order valence-corrected chi connectivity index (χ4v) is 4.06. The second-order valence-corrected chi connectivity index (χ2v) is 7.96. The average molecular weight is 367 g/mol. The fourth-order valence-electron chi connectivity index (χ4n) is 2.20. The van der Waals surface area contributed by atoms with Crippen LogP contribution in [0.15, 0.2) is 23.1 Å². The lowest BCUT2D eigenvalue weighted by Crippen LogP contribution is -2.31. The van der Waals surface area contributed by atoms with Crippen molar-refractivity contribution < 1.29 is 22.7 Å². The Morgan fingerprint density at radius 3 is 2.79 bits per heavy atom. The van der Waals surface area contributed by atoms with Gasteiger partial charge in [-0.05, 0) is 32.0 Å². The van der Waals surface area contributed by atoms with Gasteiger partial charge < -0.3 is 10.1 Å². The van der Waals surface area contributed by atoms with Gasteiger partial charge in [-0.25, -0.2) is 18.1 Å². The molecule has 0 bridgehead atoms. The number of nitrogens with one attached hydrogen (secondary N) is 2. The van der Waals surface area contributed by atoms with Crippen molar-refractivity contribution in [2.24, 2.45) is 0 Å². The second kappa shape index (κ2) is 5.87. The lowest BCUT2D eigenvalue weighted by molar-refractivity contribution is -0.118. The molecule has 0 unspecified atom stereocenters. The first kappa shape index (κ1) is 16.4. The number of hydrogen-bond acceptors (Lipinski definition) is 7. The standard InChI is InChI=1S/C14H13N3O5S2/c1-7-13(23-8(2)15-7)14(19)17-24(20,21)9-3-4-11-10(5-9)16-12(18)6-22-11/h3-5H,6H2,1-2H3,(H,16,18)(H,17,19). The quantitative estimate of drug-likeness (QED) is 0.843. The van der Waals surface area contributed by atoms with Crippen LogP contribution in [0.4, 0.5) is 5.69 Å². The molecule has 10 heteroatoms. The van der Waals surface area contributed by atoms with E-state index in [9.17, 15) is 18.0 Å². The van der Waals surface area contributed by atoms with Gasteiger partial charge in [-0.3, -0.25) is 9.59 Å². The maximum Gasteiger partial charge on any atom is 0.276 e. The molecule has 0 saturated carbocycles. The van der Waals surface area contributed by atoms with Crippen molar-refractivity contribution in [3.05, 3.63) is 33.8 Å². The minimum atomic E-state index is -4.09. The topological polar surface area (TPSA) is 114 Å². The highest BCUT2D eigenvalue weighted by Gasteiger charge is 2.24. The van der Waals surface area contributed by atoms with E-state index >= 15 is 0 Å². The number of benzene rings is 1. The SMILES string of the molecule is Cc1nc(C)c(C(=O)NS(=O)(=O)c2ccc3c(c2)NC(=O)CO3)s1. The maximum atomic E-state index is 12.4. The van der Waals surface area contributed by atoms with E-state index in [1.165, 1.54) is 18.2 Å². The molecule has 2 heterocycles. The summed E-state index contributed by atoms with van der Waals surface area (Å²) in [5, 5.41) is 3.19. The van der Waals surface area contributed by atoms with Crippen molar-refractivity contribution in [2.45, 2.75) is 18.7 Å². The van der Waals surface area contributed by atoms with Gasteiger partial charge >= 0.3 is 0 Å². The number of aryl methyl sites for hydroxylation is 2. The molecule has 0 radical (unpaired) electrons. The van der Waals surface area contributed by atoms with E-state index in [-0.39, 0.29) is 28.0 Å². The summed E-state index contributed by atoms with van der Waals surface area (Å²) in [6.07, 6.45) is 0. The molecule has 126 valence electrons. The van der Waals surface area contributed by atoms with Crippen LogP contribution in [0.1, 0.15) is 20.4 Å². The number of fused-ring (bicyclic) bond motifs is 1. The zero-order valence-corrected chi connectivity index (χ0v) is 14.4. The third-order valence-electron chi connectivity index (χ3n) is 3.23. The molecule has 0 atom stereocenters. The molecule has 8 nitrogen and oxygen atoms in total. The third-order valence-corrected chi connectivity index (χ3v) is 5.63. The highest BCUT2D eigenvalue weighted by molar-refractivity contribution is 7.90. The smallest absolute Gasteiger partial charge is 0.276 e. The summed E-state index contributed by atoms with van der Waals surface area (Å²) < 4.78 is 32.0. The van der Waals surface area contributed by atoms with E-state index < -0.39 is 15.9 Å². The number of amides is 2. The Morgan fingerprint density at radius 1 is 1.38 bits per heavy atom. The van der Waals surface area contributed by atoms with E-state index in [0.717, 1.165) is 11.3 Å². The number of thiazole rings is 1. The first-order valence-electron chi connectivity index (χ1n) is 6.84. The van der Waals surface area contributed by atoms with Gasteiger partial charge in [0.2, 0.25) is 0 Å². The monoisotopic (exact) mass is 367 g/mol. The van der Waals surface area contributed by atoms with Crippen molar-refractivity contribution in [3.8, 4) is 5.75 Å². The molecule has 0 aliphatic carbocycles. The predicted molar refractivity (Wildman–Crippen MR) is 86.8 cm³/mol. The number of hydrogen-bond donors (Lipinski definition) is 2. The Kier molecular flexibility index (Phi) is 4.01. The predicted octanol–water partition coefficient (Wildman–Crippen LogP) is 1.21. The Balaban J connectivity index is 1.88. The summed E-state index contributed by atoms with van der Waals surface area (Å²) in [5.74, 6) is -0.748. The van der Waals surface area contributed by atoms with Crippen LogP contribution in [-0.2, 0) is 14.8 Å². The van der Waals surface area contributed by atoms with Gasteiger partial charge in [0.05, 0.1) is 21.3 Å². The molecule has 0 spiro atoms. The van der Waals surface area contributed by atoms with E-state index in [0.29, 0.717) is 16.5 Å². The average Bonchev–Trinajstić information content (AvgIpc) is 2.84. The Labute approximate surface area is 141 Å². The van der Waals surface area contributed by atoms with Gasteiger partial charge in [-0.2, -0.15) is 0 Å². The van der Waals surface area contributed by atoms with Crippen LogP contribution in [0.25, 0.3) is 0 Å². The molecule has 0 fully saturated rings. The van der Waals surface area contributed by atoms with Crippen molar-refractivity contribution in [2.75, 3.05) is 11.9 Å². The molecule has 2 aromatic rings. The minimum Gasteiger partial charge on any atom is -0.482 e. The van der Waals surface area contributed by atoms with Gasteiger partial charge in [-0.1, -0.05) is 0 Å². The zero-order chi connectivity index (χ0) is 17.5. The highest BCUT2D eigenvalue weighted by atomic mass is 32.2. The number of anilines is 1. The Hall–Kier alpha value is -2.46. The first-order chi connectivity index (χ1) is 11.3. The number of sulfonamides is 1. The zero-order valence-electron chi connectivity index (χ0n) is 12.7. The van der Waals surface area contributed by atoms with Crippen molar-refractivity contribution in [3.63, 3.8) is 0 Å². The molecule has 2 N–H and O–H groups in total. The van der Waals surface area contributed by atoms with E-state index in [1.54, 1.807) is 13.8 Å². The molecule has 0 saturated heterocycles. The molecule has 1 aliphatic heterocycles. The molecule has 1 aromatic carbocycles. The van der Waals surface area contributed by atoms with E-state index in [4.69, 9.17) is 4.74 Å². The van der Waals surface area contributed by atoms with Gasteiger partial charge in [-0.15, -0.1) is 11.3 Å². The largest absolute Gasteiger partial charge is 0.482 e. The molecular weight excluding hydrogens is 354 g/mol. The third kappa shape index (κ3) is 3.10. The lowest BCUT2D eigenvalue weighted by atomic mass is 10.2. The molecule has 1 aliphatic rings. The van der Waals surface area contributed by atoms with Crippen LogP contribution in [0.2, 0.25) is 0 Å². The summed E-state index contributed by atoms with van der Waals surface area (Å²) in [6, 6.07) is 3.97. The van der Waals surface area contributed by atoms with Crippen molar-refractivity contribution in [1.82, 2.24) is 9.71 Å². The highest BCUT2D eigenvalue weighted by Crippen LogP contribution is 2.30. The van der Waals surface area contributed by atoms with Crippen LogP contribution in [-0.4, -0.2) is 31.8 Å². The Morgan fingerprint density at radius 2 is 2.12 bits per heavy atom. The van der Waals surface area contributed by atoms with Crippen LogP contribution >= 0.6 is 11.3 Å². The van der Waals surface area contributed by atoms with Gasteiger partial charge in [0.25, 0.3) is 21.8 Å². The van der Waals surface area contributed by atoms with Gasteiger partial charge in [0, 0.05) is 0 Å². The first-order valence-corrected chi connectivity index (χ1v) is 9.14. The van der Waals surface area contributed by atoms with Crippen molar-refractivity contribution in [1.29, 1.82) is 0 Å². The van der Waals surface area contributed by atoms with E-state index in [2.05, 4.69) is 10.3 Å². The maximum absolute atomic E-state index is 12.4. The second-order valence-electron chi connectivity index (χ2n) is 5.08. The molecule has 2 amide bonds. The molecule has 1 aromatic heterocycles. The number of ether oxygens (including phenoxy) is 1. The van der Waals surface area contributed by atoms with Gasteiger partial charge in [0.15, 0.2) is 6.61 Å². The number of nitrogens with zero attached hydrogens (tertiary/aromatic N) is 1. The lowest BCUT2D eigenvalue weighted by Gasteiger charge is -2.18. The fraction of sp³-hybridized carbons (Fsp3) is 0.214. The summed E-state index contributed by atoms with van der Waals surface area (Å²) in [6.45, 7) is 3.24. The number of carbonyl (C=O) groups is 2. The summed E-state index contributed by atoms with van der Waals surface area (Å²) in [4.78, 5) is 27.7. The summed E-state index contributed by atoms with van der Waals surface area (Å²) >= 11 is 1.12. The number of rotatable bonds is 3. The molecule has 24 heavy (non-hydrogen) atoms. The van der Waals surface area contributed by atoms with Gasteiger partial charge in [0.1, 0.15) is 10.6 Å². The van der Waals surface area contributed by atoms with Crippen molar-refractivity contribution >= 4 is 38.9 Å². The van der Waals surface area contributed by atoms with Crippen LogP contribution in [0.3, 0.4) is 0 Å².